The summed E-state index contributed by atoms with van der Waals surface area (Å²) in [6.45, 7) is 2.89. The molecule has 6 heteroatoms. The number of allylic oxidation sites excluding steroid dienone is 1. The molecule has 0 fully saturated rings. The Morgan fingerprint density at radius 2 is 1.88 bits per heavy atom. The number of rotatable bonds is 2. The molecule has 0 atom stereocenters. The fraction of sp³-hybridized carbons (Fsp3) is 0.105. The minimum Gasteiger partial charge on any atom is 0 e. The normalized spacial score (nSPS) is 15.6. The number of aryl methyl sites for hydroxylation is 1. The molecule has 2 N–H and O–H groups in total. The Bertz CT molecular complexity index is 1090. The predicted molar refractivity (Wildman–Crippen MR) is 94.2 cm³/mol. The van der Waals surface area contributed by atoms with Gasteiger partial charge in [0.05, 0.1) is 0 Å². The number of amidine groups is 1. The number of aromatic nitrogens is 1. The minimum absolute atomic E-state index is 0. The van der Waals surface area contributed by atoms with E-state index in [2.05, 4.69) is 65.0 Å². The second-order valence-corrected chi connectivity index (χ2v) is 8.83. The Balaban J connectivity index is 0.00000182. The number of nitrogens with zero attached hydrogens (tertiary/aromatic N) is 2. The molecule has 0 unspecified atom stereocenters. The van der Waals surface area contributed by atoms with Crippen LogP contribution in [-0.4, -0.2) is 24.9 Å². The number of fused-ring (bicyclic) bond motifs is 3. The van der Waals surface area contributed by atoms with E-state index < -0.39 is 0 Å². The smallest absolute Gasteiger partial charge is 0 e. The number of hydrogen-bond acceptors (Lipinski definition) is 2. The van der Waals surface area contributed by atoms with E-state index in [9.17, 15) is 0 Å². The van der Waals surface area contributed by atoms with Gasteiger partial charge in [-0.05, 0) is 0 Å². The third kappa shape index (κ3) is 3.20. The summed E-state index contributed by atoms with van der Waals surface area (Å²) in [5.41, 5.74) is 11.1. The molecule has 0 radical (unpaired) electrons. The maximum Gasteiger partial charge on any atom is 0 e. The van der Waals surface area contributed by atoms with Crippen LogP contribution in [0.5, 0.6) is 0 Å². The molecule has 0 saturated carbocycles. The van der Waals surface area contributed by atoms with Gasteiger partial charge in [0.2, 0.25) is 0 Å². The molecular weight excluding hydrogens is 822 g/mol. The van der Waals surface area contributed by atoms with Gasteiger partial charge >= 0.3 is 163 Å². The average Bonchev–Trinajstić information content (AvgIpc) is 3.08. The van der Waals surface area contributed by atoms with Crippen LogP contribution < -0.4 is 5.73 Å². The van der Waals surface area contributed by atoms with E-state index in [4.69, 9.17) is 5.73 Å². The Morgan fingerprint density at radius 3 is 2.60 bits per heavy atom. The largest absolute Gasteiger partial charge is 0 e. The van der Waals surface area contributed by atoms with Crippen LogP contribution in [-0.2, 0) is 59.8 Å². The Hall–Kier alpha value is -0.745. The van der Waals surface area contributed by atoms with Crippen LogP contribution in [0.1, 0.15) is 5.56 Å². The van der Waals surface area contributed by atoms with Gasteiger partial charge in [-0.25, -0.2) is 0 Å². The summed E-state index contributed by atoms with van der Waals surface area (Å²) in [4.78, 5) is 4.37. The second-order valence-electron chi connectivity index (χ2n) is 5.86. The third-order valence-corrected chi connectivity index (χ3v) is 7.14. The van der Waals surface area contributed by atoms with Gasteiger partial charge < -0.3 is 0 Å². The molecule has 4 rings (SSSR count). The topological polar surface area (TPSA) is 43.3 Å². The predicted octanol–water partition coefficient (Wildman–Crippen LogP) is 2.64. The summed E-state index contributed by atoms with van der Waals surface area (Å²) in [6, 6.07) is 15.2. The molecule has 0 spiro atoms. The Labute approximate surface area is 182 Å². The summed E-state index contributed by atoms with van der Waals surface area (Å²) in [5.74, 6) is 0.706. The van der Waals surface area contributed by atoms with Crippen LogP contribution in [0.25, 0.3) is 21.8 Å². The van der Waals surface area contributed by atoms with Crippen molar-refractivity contribution >= 4 is 35.6 Å². The van der Waals surface area contributed by atoms with E-state index in [1.54, 1.807) is 0 Å². The van der Waals surface area contributed by atoms with E-state index in [1.165, 1.54) is 79.6 Å². The number of aliphatic imine (C=N–C) groups is 1. The Kier molecular flexibility index (Phi) is 5.69. The first-order valence-corrected chi connectivity index (χ1v) is 10.6. The third-order valence-electron chi connectivity index (χ3n) is 4.37. The summed E-state index contributed by atoms with van der Waals surface area (Å²) in [7, 11) is 0. The quantitative estimate of drug-likeness (QED) is 0.425. The number of hydrogen-bond donors (Lipinski definition) is 1. The standard InChI is InChI=1S/C19H15N3.3W/c1-13-5-4-8-17-19(13)15-6-2-3-7-16(15)22(17)10-9-14-11-18(20)21-12-14;;;/h2-9H,12H2,1H3,(H2,20,21);;;/b14-9+;;;. The van der Waals surface area contributed by atoms with Gasteiger partial charge in [-0.1, -0.05) is 0 Å². The van der Waals surface area contributed by atoms with Crippen molar-refractivity contribution in [1.29, 1.82) is 0 Å². The van der Waals surface area contributed by atoms with Crippen molar-refractivity contribution in [3.8, 4) is 0 Å². The SMILES string of the molecule is Cc1cccc2c1c1ccccc1n2[C](=[W])/C=C1/CN=C(N)[C]1=[W].[W]. The van der Waals surface area contributed by atoms with E-state index in [-0.39, 0.29) is 21.1 Å². The van der Waals surface area contributed by atoms with Gasteiger partial charge in [-0.3, -0.25) is 0 Å². The van der Waals surface area contributed by atoms with E-state index in [0.717, 1.165) is 0 Å². The minimum atomic E-state index is 0. The van der Waals surface area contributed by atoms with Gasteiger partial charge in [-0.15, -0.1) is 0 Å². The fourth-order valence-electron chi connectivity index (χ4n) is 3.24. The molecule has 2 aromatic carbocycles. The molecular formula is C19H15N3W3. The van der Waals surface area contributed by atoms with Gasteiger partial charge in [0.1, 0.15) is 0 Å². The zero-order chi connectivity index (χ0) is 16.8. The molecule has 124 valence electrons. The summed E-state index contributed by atoms with van der Waals surface area (Å²) >= 11 is 2.82. The molecule has 0 bridgehead atoms. The van der Waals surface area contributed by atoms with Crippen molar-refractivity contribution in [2.75, 3.05) is 6.54 Å². The molecule has 3 aromatic rings. The Morgan fingerprint density at radius 1 is 1.16 bits per heavy atom. The van der Waals surface area contributed by atoms with Crippen LogP contribution in [0, 0.1) is 6.92 Å². The van der Waals surface area contributed by atoms with E-state index in [1.807, 2.05) is 0 Å². The van der Waals surface area contributed by atoms with E-state index in [0.29, 0.717) is 12.4 Å². The molecule has 0 saturated heterocycles. The first-order chi connectivity index (χ1) is 11.6. The molecule has 2 heterocycles. The maximum atomic E-state index is 5.95. The van der Waals surface area contributed by atoms with Crippen molar-refractivity contribution in [2.45, 2.75) is 6.92 Å². The van der Waals surface area contributed by atoms with Crippen molar-refractivity contribution < 1.29 is 59.8 Å². The van der Waals surface area contributed by atoms with Gasteiger partial charge in [0, 0.05) is 21.1 Å². The maximum absolute atomic E-state index is 5.95. The average molecular weight is 837 g/mol. The van der Waals surface area contributed by atoms with Crippen molar-refractivity contribution in [3.63, 3.8) is 0 Å². The molecule has 3 nitrogen and oxygen atoms in total. The van der Waals surface area contributed by atoms with Gasteiger partial charge in [0.25, 0.3) is 0 Å². The van der Waals surface area contributed by atoms with Crippen LogP contribution in [0.15, 0.2) is 59.1 Å². The summed E-state index contributed by atoms with van der Waals surface area (Å²) in [6.07, 6.45) is 2.27. The number of benzene rings is 2. The summed E-state index contributed by atoms with van der Waals surface area (Å²) < 4.78 is 4.85. The van der Waals surface area contributed by atoms with Crippen LogP contribution >= 0.6 is 0 Å². The monoisotopic (exact) mass is 837 g/mol. The van der Waals surface area contributed by atoms with Crippen molar-refractivity contribution in [1.82, 2.24) is 4.57 Å². The first-order valence-electron chi connectivity index (χ1n) is 7.66. The van der Waals surface area contributed by atoms with Crippen LogP contribution in [0.3, 0.4) is 0 Å². The van der Waals surface area contributed by atoms with Crippen LogP contribution in [0.2, 0.25) is 0 Å². The second kappa shape index (κ2) is 7.47. The molecule has 1 aliphatic rings. The van der Waals surface area contributed by atoms with Crippen molar-refractivity contribution in [3.05, 3.63) is 59.7 Å². The van der Waals surface area contributed by atoms with E-state index >= 15 is 0 Å². The fourth-order valence-corrected chi connectivity index (χ4v) is 5.13. The molecule has 1 aliphatic heterocycles. The molecule has 0 aliphatic carbocycles. The zero-order valence-electron chi connectivity index (χ0n) is 13.5. The van der Waals surface area contributed by atoms with Crippen molar-refractivity contribution in [2.24, 2.45) is 10.7 Å². The zero-order valence-corrected chi connectivity index (χ0v) is 22.3. The van der Waals surface area contributed by atoms with Gasteiger partial charge in [-0.2, -0.15) is 0 Å². The summed E-state index contributed by atoms with van der Waals surface area (Å²) in [5, 5.41) is 2.66. The first kappa shape index (κ1) is 19.0. The van der Waals surface area contributed by atoms with Crippen LogP contribution in [0.4, 0.5) is 0 Å². The molecule has 1 aromatic heterocycles. The van der Waals surface area contributed by atoms with Gasteiger partial charge in [0.15, 0.2) is 0 Å². The molecule has 25 heavy (non-hydrogen) atoms. The molecule has 0 amide bonds. The number of para-hydroxylation sites is 1. The number of nitrogens with two attached hydrogens (primary N) is 1.